The van der Waals surface area contributed by atoms with Crippen molar-refractivity contribution in [3.05, 3.63) is 22.4 Å². The summed E-state index contributed by atoms with van der Waals surface area (Å²) in [5.74, 6) is 0.592. The van der Waals surface area contributed by atoms with Gasteiger partial charge < -0.3 is 10.1 Å². The van der Waals surface area contributed by atoms with E-state index in [-0.39, 0.29) is 0 Å². The molecule has 1 heterocycles. The van der Waals surface area contributed by atoms with Gasteiger partial charge in [-0.1, -0.05) is 13.0 Å². The summed E-state index contributed by atoms with van der Waals surface area (Å²) < 4.78 is 5.07. The summed E-state index contributed by atoms with van der Waals surface area (Å²) >= 11 is 1.82. The van der Waals surface area contributed by atoms with Gasteiger partial charge in [0.05, 0.1) is 6.61 Å². The van der Waals surface area contributed by atoms with E-state index in [9.17, 15) is 0 Å². The highest BCUT2D eigenvalue weighted by Gasteiger charge is 2.07. The van der Waals surface area contributed by atoms with Gasteiger partial charge in [0.1, 0.15) is 0 Å². The van der Waals surface area contributed by atoms with Crippen molar-refractivity contribution < 1.29 is 4.74 Å². The number of thiophene rings is 1. The SMILES string of the molecule is COCC(C)NCC(C)c1cccs1. The third-order valence-corrected chi connectivity index (χ3v) is 3.32. The number of ether oxygens (including phenoxy) is 1. The average Bonchev–Trinajstić information content (AvgIpc) is 2.67. The van der Waals surface area contributed by atoms with Crippen LogP contribution in [0.25, 0.3) is 0 Å². The molecule has 1 rings (SSSR count). The number of nitrogens with one attached hydrogen (secondary N) is 1. The Balaban J connectivity index is 2.24. The van der Waals surface area contributed by atoms with E-state index in [1.165, 1.54) is 4.88 Å². The monoisotopic (exact) mass is 213 g/mol. The minimum atomic E-state index is 0.433. The molecule has 0 aromatic carbocycles. The highest BCUT2D eigenvalue weighted by atomic mass is 32.1. The van der Waals surface area contributed by atoms with Crippen molar-refractivity contribution in [1.29, 1.82) is 0 Å². The van der Waals surface area contributed by atoms with Crippen molar-refractivity contribution in [2.45, 2.75) is 25.8 Å². The minimum absolute atomic E-state index is 0.433. The van der Waals surface area contributed by atoms with Gasteiger partial charge in [-0.2, -0.15) is 0 Å². The molecule has 1 aromatic rings. The molecule has 0 bridgehead atoms. The van der Waals surface area contributed by atoms with Gasteiger partial charge in [0.25, 0.3) is 0 Å². The van der Waals surface area contributed by atoms with Crippen LogP contribution in [0, 0.1) is 0 Å². The van der Waals surface area contributed by atoms with Crippen LogP contribution in [-0.4, -0.2) is 26.3 Å². The molecule has 80 valence electrons. The molecule has 2 unspecified atom stereocenters. The van der Waals surface area contributed by atoms with Crippen molar-refractivity contribution >= 4 is 11.3 Å². The molecule has 2 nitrogen and oxygen atoms in total. The third-order valence-electron chi connectivity index (χ3n) is 2.22. The largest absolute Gasteiger partial charge is 0.383 e. The van der Waals surface area contributed by atoms with Crippen molar-refractivity contribution in [2.75, 3.05) is 20.3 Å². The van der Waals surface area contributed by atoms with Gasteiger partial charge in [-0.05, 0) is 18.4 Å². The number of hydrogen-bond donors (Lipinski definition) is 1. The Morgan fingerprint density at radius 3 is 2.86 bits per heavy atom. The zero-order valence-corrected chi connectivity index (χ0v) is 9.93. The summed E-state index contributed by atoms with van der Waals surface area (Å²) in [6, 6.07) is 4.73. The second-order valence-corrected chi connectivity index (χ2v) is 4.66. The molecule has 0 aliphatic carbocycles. The zero-order chi connectivity index (χ0) is 10.4. The molecule has 1 N–H and O–H groups in total. The first-order valence-electron chi connectivity index (χ1n) is 4.99. The fourth-order valence-corrected chi connectivity index (χ4v) is 2.15. The van der Waals surface area contributed by atoms with Gasteiger partial charge in [-0.25, -0.2) is 0 Å². The highest BCUT2D eigenvalue weighted by Crippen LogP contribution is 2.19. The molecule has 0 spiro atoms. The van der Waals surface area contributed by atoms with E-state index < -0.39 is 0 Å². The molecule has 14 heavy (non-hydrogen) atoms. The fourth-order valence-electron chi connectivity index (χ4n) is 1.36. The first-order chi connectivity index (χ1) is 6.74. The Bertz CT molecular complexity index is 235. The highest BCUT2D eigenvalue weighted by molar-refractivity contribution is 7.10. The Labute approximate surface area is 90.3 Å². The zero-order valence-electron chi connectivity index (χ0n) is 9.12. The van der Waals surface area contributed by atoms with Crippen LogP contribution >= 0.6 is 11.3 Å². The van der Waals surface area contributed by atoms with Crippen molar-refractivity contribution in [2.24, 2.45) is 0 Å². The average molecular weight is 213 g/mol. The molecule has 0 aliphatic heterocycles. The van der Waals surface area contributed by atoms with Crippen LogP contribution < -0.4 is 5.32 Å². The maximum absolute atomic E-state index is 5.07. The molecule has 0 saturated heterocycles. The number of rotatable bonds is 6. The second kappa shape index (κ2) is 6.17. The molecule has 0 aliphatic rings. The van der Waals surface area contributed by atoms with Crippen molar-refractivity contribution in [1.82, 2.24) is 5.32 Å². The standard InChI is InChI=1S/C11H19NOS/c1-9(11-5-4-6-14-11)7-12-10(2)8-13-3/h4-6,9-10,12H,7-8H2,1-3H3. The van der Waals surface area contributed by atoms with Gasteiger partial charge in [0.2, 0.25) is 0 Å². The van der Waals surface area contributed by atoms with Crippen LogP contribution in [0.4, 0.5) is 0 Å². The molecule has 0 radical (unpaired) electrons. The summed E-state index contributed by atoms with van der Waals surface area (Å²) in [6.45, 7) is 6.19. The smallest absolute Gasteiger partial charge is 0.0613 e. The summed E-state index contributed by atoms with van der Waals surface area (Å²) in [5, 5.41) is 5.58. The van der Waals surface area contributed by atoms with Gasteiger partial charge in [-0.3, -0.25) is 0 Å². The van der Waals surface area contributed by atoms with Gasteiger partial charge in [0, 0.05) is 30.5 Å². The van der Waals surface area contributed by atoms with Gasteiger partial charge >= 0.3 is 0 Å². The number of methoxy groups -OCH3 is 1. The van der Waals surface area contributed by atoms with E-state index in [4.69, 9.17) is 4.74 Å². The van der Waals surface area contributed by atoms with Crippen molar-refractivity contribution in [3.8, 4) is 0 Å². The first-order valence-corrected chi connectivity index (χ1v) is 5.87. The van der Waals surface area contributed by atoms with E-state index >= 15 is 0 Å². The topological polar surface area (TPSA) is 21.3 Å². The molecule has 2 atom stereocenters. The van der Waals surface area contributed by atoms with E-state index in [0.717, 1.165) is 13.2 Å². The Morgan fingerprint density at radius 2 is 2.29 bits per heavy atom. The van der Waals surface area contributed by atoms with E-state index in [0.29, 0.717) is 12.0 Å². The fraction of sp³-hybridized carbons (Fsp3) is 0.636. The Kier molecular flexibility index (Phi) is 5.15. The molecule has 0 amide bonds. The van der Waals surface area contributed by atoms with E-state index in [1.54, 1.807) is 7.11 Å². The second-order valence-electron chi connectivity index (χ2n) is 3.68. The first kappa shape index (κ1) is 11.7. The third kappa shape index (κ3) is 3.78. The summed E-state index contributed by atoms with van der Waals surface area (Å²) in [7, 11) is 1.74. The summed E-state index contributed by atoms with van der Waals surface area (Å²) in [4.78, 5) is 1.45. The Morgan fingerprint density at radius 1 is 1.50 bits per heavy atom. The van der Waals surface area contributed by atoms with Crippen LogP contribution in [0.5, 0.6) is 0 Å². The predicted molar refractivity (Wildman–Crippen MR) is 62.1 cm³/mol. The van der Waals surface area contributed by atoms with Crippen LogP contribution in [0.2, 0.25) is 0 Å². The number of hydrogen-bond acceptors (Lipinski definition) is 3. The van der Waals surface area contributed by atoms with Gasteiger partial charge in [0.15, 0.2) is 0 Å². The summed E-state index contributed by atoms with van der Waals surface area (Å²) in [6.07, 6.45) is 0. The van der Waals surface area contributed by atoms with E-state index in [2.05, 4.69) is 36.7 Å². The van der Waals surface area contributed by atoms with Crippen LogP contribution in [0.3, 0.4) is 0 Å². The minimum Gasteiger partial charge on any atom is -0.383 e. The lowest BCUT2D eigenvalue weighted by atomic mass is 10.1. The quantitative estimate of drug-likeness (QED) is 0.784. The molecule has 0 fully saturated rings. The lowest BCUT2D eigenvalue weighted by Gasteiger charge is -2.16. The van der Waals surface area contributed by atoms with Crippen LogP contribution in [0.1, 0.15) is 24.6 Å². The molecule has 3 heteroatoms. The van der Waals surface area contributed by atoms with Gasteiger partial charge in [-0.15, -0.1) is 11.3 Å². The predicted octanol–water partition coefficient (Wildman–Crippen LogP) is 2.48. The summed E-state index contributed by atoms with van der Waals surface area (Å²) in [5.41, 5.74) is 0. The van der Waals surface area contributed by atoms with Crippen LogP contribution in [0.15, 0.2) is 17.5 Å². The Hall–Kier alpha value is -0.380. The normalized spacial score (nSPS) is 15.4. The molecular weight excluding hydrogens is 194 g/mol. The lowest BCUT2D eigenvalue weighted by molar-refractivity contribution is 0.172. The molecule has 1 aromatic heterocycles. The van der Waals surface area contributed by atoms with Crippen LogP contribution in [-0.2, 0) is 4.74 Å². The molecule has 0 saturated carbocycles. The molecular formula is C11H19NOS. The lowest BCUT2D eigenvalue weighted by Crippen LogP contribution is -2.32. The maximum Gasteiger partial charge on any atom is 0.0613 e. The van der Waals surface area contributed by atoms with Crippen molar-refractivity contribution in [3.63, 3.8) is 0 Å². The van der Waals surface area contributed by atoms with E-state index in [1.807, 2.05) is 11.3 Å². The maximum atomic E-state index is 5.07.